The first-order valence-corrected chi connectivity index (χ1v) is 9.07. The lowest BCUT2D eigenvalue weighted by Gasteiger charge is -2.07. The Morgan fingerprint density at radius 1 is 1.16 bits per heavy atom. The number of hydrogen-bond acceptors (Lipinski definition) is 5. The molecule has 0 bridgehead atoms. The van der Waals surface area contributed by atoms with E-state index >= 15 is 0 Å². The first-order chi connectivity index (χ1) is 11.8. The number of carbonyl (C=O) groups excluding carboxylic acids is 1. The molecule has 0 atom stereocenters. The van der Waals surface area contributed by atoms with Crippen LogP contribution in [0.25, 0.3) is 0 Å². The number of carbonyl (C=O) groups is 1. The van der Waals surface area contributed by atoms with E-state index < -0.39 is 32.2 Å². The van der Waals surface area contributed by atoms with Crippen LogP contribution >= 0.6 is 0 Å². The van der Waals surface area contributed by atoms with Crippen molar-refractivity contribution in [2.45, 2.75) is 12.2 Å². The van der Waals surface area contributed by atoms with E-state index in [0.717, 1.165) is 12.1 Å². The number of rotatable bonds is 7. The Balaban J connectivity index is 1.94. The van der Waals surface area contributed by atoms with Crippen molar-refractivity contribution in [3.63, 3.8) is 0 Å². The monoisotopic (exact) mass is 366 g/mol. The van der Waals surface area contributed by atoms with Gasteiger partial charge in [-0.05, 0) is 17.7 Å². The molecule has 2 aromatic carbocycles. The average Bonchev–Trinajstić information content (AvgIpc) is 2.55. The summed E-state index contributed by atoms with van der Waals surface area (Å²) >= 11 is 0. The largest absolute Gasteiger partial charge is 0.326 e. The molecule has 0 aromatic heterocycles. The first kappa shape index (κ1) is 18.5. The number of anilines is 1. The molecule has 0 saturated carbocycles. The highest BCUT2D eigenvalue weighted by Gasteiger charge is 2.17. The van der Waals surface area contributed by atoms with Crippen molar-refractivity contribution in [2.75, 3.05) is 11.1 Å². The van der Waals surface area contributed by atoms with Crippen LogP contribution in [0.2, 0.25) is 0 Å². The van der Waals surface area contributed by atoms with Crippen LogP contribution in [-0.4, -0.2) is 25.0 Å². The predicted molar refractivity (Wildman–Crippen MR) is 90.2 cm³/mol. The van der Waals surface area contributed by atoms with Crippen LogP contribution in [0.1, 0.15) is 12.0 Å². The summed E-state index contributed by atoms with van der Waals surface area (Å²) in [6.45, 7) is 0. The van der Waals surface area contributed by atoms with E-state index in [4.69, 9.17) is 0 Å². The van der Waals surface area contributed by atoms with Gasteiger partial charge in [0.25, 0.3) is 0 Å². The summed E-state index contributed by atoms with van der Waals surface area (Å²) in [6.07, 6.45) is -0.305. The molecule has 2 rings (SSSR count). The molecule has 0 heterocycles. The van der Waals surface area contributed by atoms with Gasteiger partial charge in [0, 0.05) is 18.2 Å². The maximum Gasteiger partial charge on any atom is 0.306 e. The zero-order valence-electron chi connectivity index (χ0n) is 13.0. The number of nitrogens with zero attached hydrogens (tertiary/aromatic N) is 1. The van der Waals surface area contributed by atoms with Crippen molar-refractivity contribution < 1.29 is 22.5 Å². The van der Waals surface area contributed by atoms with Gasteiger partial charge in [-0.2, -0.15) is 4.39 Å². The van der Waals surface area contributed by atoms with E-state index in [0.29, 0.717) is 5.56 Å². The van der Waals surface area contributed by atoms with Crippen LogP contribution in [0.5, 0.6) is 0 Å². The lowest BCUT2D eigenvalue weighted by Crippen LogP contribution is -2.18. The van der Waals surface area contributed by atoms with Gasteiger partial charge in [0.2, 0.25) is 11.7 Å². The number of nitro groups is 1. The van der Waals surface area contributed by atoms with Gasteiger partial charge in [0.15, 0.2) is 9.84 Å². The van der Waals surface area contributed by atoms with Crippen molar-refractivity contribution >= 4 is 27.1 Å². The second kappa shape index (κ2) is 7.84. The third-order valence-corrected chi connectivity index (χ3v) is 4.90. The van der Waals surface area contributed by atoms with Crippen LogP contribution in [0.3, 0.4) is 0 Å². The van der Waals surface area contributed by atoms with Gasteiger partial charge in [-0.25, -0.2) is 8.42 Å². The highest BCUT2D eigenvalue weighted by Crippen LogP contribution is 2.21. The normalized spacial score (nSPS) is 11.1. The molecule has 0 radical (unpaired) electrons. The molecule has 0 unspecified atom stereocenters. The first-order valence-electron chi connectivity index (χ1n) is 7.25. The van der Waals surface area contributed by atoms with Gasteiger partial charge in [-0.3, -0.25) is 14.9 Å². The zero-order valence-corrected chi connectivity index (χ0v) is 13.8. The minimum absolute atomic E-state index is 0.0264. The van der Waals surface area contributed by atoms with E-state index in [1.165, 1.54) is 6.07 Å². The average molecular weight is 366 g/mol. The fourth-order valence-corrected chi connectivity index (χ4v) is 3.44. The molecule has 0 spiro atoms. The van der Waals surface area contributed by atoms with E-state index in [1.807, 2.05) is 0 Å². The molecular weight excluding hydrogens is 351 g/mol. The molecule has 0 aliphatic rings. The highest BCUT2D eigenvalue weighted by atomic mass is 32.2. The summed E-state index contributed by atoms with van der Waals surface area (Å²) in [5.41, 5.74) is -0.120. The molecule has 0 aliphatic carbocycles. The Kier molecular flexibility index (Phi) is 5.81. The number of hydrogen-bond donors (Lipinski definition) is 1. The molecule has 1 amide bonds. The maximum absolute atomic E-state index is 13.2. The number of amides is 1. The number of halogens is 1. The lowest BCUT2D eigenvalue weighted by atomic mass is 10.2. The Labute approximate surface area is 143 Å². The highest BCUT2D eigenvalue weighted by molar-refractivity contribution is 7.90. The fourth-order valence-electron chi connectivity index (χ4n) is 2.10. The maximum atomic E-state index is 13.2. The number of nitrogens with one attached hydrogen (secondary N) is 1. The van der Waals surface area contributed by atoms with Crippen molar-refractivity contribution in [3.05, 3.63) is 70.0 Å². The summed E-state index contributed by atoms with van der Waals surface area (Å²) < 4.78 is 37.3. The van der Waals surface area contributed by atoms with Crippen LogP contribution in [-0.2, 0) is 20.4 Å². The second-order valence-corrected chi connectivity index (χ2v) is 7.48. The molecule has 9 heteroatoms. The van der Waals surface area contributed by atoms with Crippen LogP contribution < -0.4 is 5.32 Å². The fraction of sp³-hybridized carbons (Fsp3) is 0.188. The second-order valence-electron chi connectivity index (χ2n) is 5.30. The zero-order chi connectivity index (χ0) is 18.4. The standard InChI is InChI=1S/C16H15FN2O5S/c17-14-7-6-13(10-15(14)19(21)22)18-16(20)8-9-25(23,24)11-12-4-2-1-3-5-12/h1-7,10H,8-9,11H2,(H,18,20). The third kappa shape index (κ3) is 5.64. The summed E-state index contributed by atoms with van der Waals surface area (Å²) in [7, 11) is -3.48. The minimum atomic E-state index is -3.48. The van der Waals surface area contributed by atoms with Gasteiger partial charge in [0.05, 0.1) is 16.4 Å². The molecule has 0 fully saturated rings. The number of nitro benzene ring substituents is 1. The molecular formula is C16H15FN2O5S. The smallest absolute Gasteiger partial charge is 0.306 e. The number of benzene rings is 2. The van der Waals surface area contributed by atoms with Crippen molar-refractivity contribution in [1.82, 2.24) is 0 Å². The SMILES string of the molecule is O=C(CCS(=O)(=O)Cc1ccccc1)Nc1ccc(F)c([N+](=O)[O-])c1. The molecule has 2 aromatic rings. The molecule has 1 N–H and O–H groups in total. The minimum Gasteiger partial charge on any atom is -0.326 e. The van der Waals surface area contributed by atoms with E-state index in [1.54, 1.807) is 30.3 Å². The molecule has 0 saturated heterocycles. The topological polar surface area (TPSA) is 106 Å². The van der Waals surface area contributed by atoms with E-state index in [-0.39, 0.29) is 23.6 Å². The van der Waals surface area contributed by atoms with Gasteiger partial charge in [0.1, 0.15) is 0 Å². The molecule has 7 nitrogen and oxygen atoms in total. The summed E-state index contributed by atoms with van der Waals surface area (Å²) in [5.74, 6) is -2.19. The Bertz CT molecular complexity index is 885. The van der Waals surface area contributed by atoms with E-state index in [9.17, 15) is 27.7 Å². The summed E-state index contributed by atoms with van der Waals surface area (Å²) in [4.78, 5) is 21.6. The van der Waals surface area contributed by atoms with Crippen molar-refractivity contribution in [1.29, 1.82) is 0 Å². The molecule has 25 heavy (non-hydrogen) atoms. The van der Waals surface area contributed by atoms with Gasteiger partial charge in [-0.15, -0.1) is 0 Å². The number of sulfone groups is 1. The van der Waals surface area contributed by atoms with Crippen LogP contribution in [0.4, 0.5) is 15.8 Å². The van der Waals surface area contributed by atoms with Gasteiger partial charge in [-0.1, -0.05) is 30.3 Å². The predicted octanol–water partition coefficient (Wildman–Crippen LogP) is 2.68. The summed E-state index contributed by atoms with van der Waals surface area (Å²) in [5, 5.41) is 13.0. The summed E-state index contributed by atoms with van der Waals surface area (Å²) in [6, 6.07) is 11.5. The van der Waals surface area contributed by atoms with Gasteiger partial charge >= 0.3 is 5.69 Å². The Hall–Kier alpha value is -2.81. The van der Waals surface area contributed by atoms with Gasteiger partial charge < -0.3 is 5.32 Å². The van der Waals surface area contributed by atoms with Crippen LogP contribution in [0.15, 0.2) is 48.5 Å². The molecule has 0 aliphatic heterocycles. The van der Waals surface area contributed by atoms with Crippen molar-refractivity contribution in [2.24, 2.45) is 0 Å². The van der Waals surface area contributed by atoms with E-state index in [2.05, 4.69) is 5.32 Å². The quantitative estimate of drug-likeness (QED) is 0.599. The third-order valence-electron chi connectivity index (χ3n) is 3.30. The lowest BCUT2D eigenvalue weighted by molar-refractivity contribution is -0.387. The Morgan fingerprint density at radius 3 is 2.48 bits per heavy atom. The van der Waals surface area contributed by atoms with Crippen LogP contribution in [0, 0.1) is 15.9 Å². The Morgan fingerprint density at radius 2 is 1.84 bits per heavy atom. The van der Waals surface area contributed by atoms with Crippen molar-refractivity contribution in [3.8, 4) is 0 Å². The molecule has 132 valence electrons.